The molecule has 0 fully saturated rings. The summed E-state index contributed by atoms with van der Waals surface area (Å²) in [6, 6.07) is 10.3. The maximum absolute atomic E-state index is 11.9. The lowest BCUT2D eigenvalue weighted by Gasteiger charge is -1.90. The highest BCUT2D eigenvalue weighted by atomic mass is 19.2. The number of halogens is 2. The van der Waals surface area contributed by atoms with Crippen molar-refractivity contribution in [2.75, 3.05) is 0 Å². The Morgan fingerprint density at radius 3 is 2.39 bits per heavy atom. The van der Waals surface area contributed by atoms with Crippen LogP contribution < -0.4 is 0 Å². The molecule has 2 heterocycles. The molecule has 0 N–H and O–H groups in total. The van der Waals surface area contributed by atoms with Gasteiger partial charge in [0.1, 0.15) is 6.33 Å². The van der Waals surface area contributed by atoms with E-state index < -0.39 is 11.8 Å². The lowest BCUT2D eigenvalue weighted by atomic mass is 10.2. The topological polar surface area (TPSA) is 38.7 Å². The highest BCUT2D eigenvalue weighted by Crippen LogP contribution is 2.06. The first-order valence-electron chi connectivity index (χ1n) is 5.18. The van der Waals surface area contributed by atoms with E-state index >= 15 is 0 Å². The standard InChI is InChI=1S/C8H6N2.C5H3F2N/c1-2-4-8-7(3-1)5-9-6-10-8;6-4-2-1-3-8-5(4)7/h1-6H;1-3H. The zero-order chi connectivity index (χ0) is 12.8. The van der Waals surface area contributed by atoms with Crippen molar-refractivity contribution in [3.8, 4) is 0 Å². The minimum atomic E-state index is -1.05. The van der Waals surface area contributed by atoms with E-state index in [2.05, 4.69) is 15.0 Å². The van der Waals surface area contributed by atoms with Gasteiger partial charge in [-0.2, -0.15) is 4.39 Å². The molecule has 3 rings (SSSR count). The van der Waals surface area contributed by atoms with E-state index in [1.165, 1.54) is 12.3 Å². The smallest absolute Gasteiger partial charge is 0.244 e. The molecule has 1 aromatic carbocycles. The van der Waals surface area contributed by atoms with E-state index in [1.807, 2.05) is 30.5 Å². The lowest BCUT2D eigenvalue weighted by molar-refractivity contribution is 0.479. The number of nitrogens with zero attached hydrogens (tertiary/aromatic N) is 3. The zero-order valence-corrected chi connectivity index (χ0v) is 9.29. The molecular formula is C13H9F2N3. The minimum absolute atomic E-state index is 0.910. The molecule has 0 unspecified atom stereocenters. The third kappa shape index (κ3) is 3.04. The average Bonchev–Trinajstić information content (AvgIpc) is 2.43. The van der Waals surface area contributed by atoms with Crippen molar-refractivity contribution < 1.29 is 8.78 Å². The summed E-state index contributed by atoms with van der Waals surface area (Å²) in [5.41, 5.74) is 0.998. The van der Waals surface area contributed by atoms with Gasteiger partial charge < -0.3 is 0 Å². The summed E-state index contributed by atoms with van der Waals surface area (Å²) in [5.74, 6) is -1.96. The summed E-state index contributed by atoms with van der Waals surface area (Å²) < 4.78 is 23.7. The van der Waals surface area contributed by atoms with Gasteiger partial charge in [0, 0.05) is 17.8 Å². The molecule has 0 atom stereocenters. The Bertz CT molecular complexity index is 557. The van der Waals surface area contributed by atoms with Crippen LogP contribution in [0.3, 0.4) is 0 Å². The average molecular weight is 245 g/mol. The quantitative estimate of drug-likeness (QED) is 0.571. The number of para-hydroxylation sites is 1. The molecule has 0 aliphatic rings. The lowest BCUT2D eigenvalue weighted by Crippen LogP contribution is -1.84. The van der Waals surface area contributed by atoms with Gasteiger partial charge in [0.25, 0.3) is 0 Å². The first-order chi connectivity index (χ1) is 8.77. The van der Waals surface area contributed by atoms with Crippen molar-refractivity contribution in [1.29, 1.82) is 0 Å². The van der Waals surface area contributed by atoms with Crippen LogP contribution in [-0.4, -0.2) is 15.0 Å². The predicted octanol–water partition coefficient (Wildman–Crippen LogP) is 2.99. The number of aromatic nitrogens is 3. The van der Waals surface area contributed by atoms with Crippen molar-refractivity contribution in [1.82, 2.24) is 15.0 Å². The van der Waals surface area contributed by atoms with Crippen LogP contribution in [0.4, 0.5) is 8.78 Å². The van der Waals surface area contributed by atoms with Crippen molar-refractivity contribution in [2.45, 2.75) is 0 Å². The molecule has 0 spiro atoms. The molecule has 0 saturated heterocycles. The summed E-state index contributed by atoms with van der Waals surface area (Å²) in [6.45, 7) is 0. The van der Waals surface area contributed by atoms with Gasteiger partial charge in [0.05, 0.1) is 5.52 Å². The number of fused-ring (bicyclic) bond motifs is 1. The normalized spacial score (nSPS) is 9.67. The SMILES string of the molecule is Fc1cccnc1F.c1ccc2ncncc2c1. The summed E-state index contributed by atoms with van der Waals surface area (Å²) in [7, 11) is 0. The van der Waals surface area contributed by atoms with Crippen LogP contribution in [-0.2, 0) is 0 Å². The molecule has 3 nitrogen and oxygen atoms in total. The third-order valence-electron chi connectivity index (χ3n) is 2.13. The van der Waals surface area contributed by atoms with Crippen LogP contribution in [0.2, 0.25) is 0 Å². The number of pyridine rings is 1. The molecule has 5 heteroatoms. The van der Waals surface area contributed by atoms with E-state index in [9.17, 15) is 8.78 Å². The fraction of sp³-hybridized carbons (Fsp3) is 0. The maximum Gasteiger partial charge on any atom is 0.248 e. The van der Waals surface area contributed by atoms with Gasteiger partial charge in [-0.15, -0.1) is 0 Å². The fourth-order valence-electron chi connectivity index (χ4n) is 1.29. The molecule has 0 aliphatic carbocycles. The van der Waals surface area contributed by atoms with Crippen LogP contribution in [0.25, 0.3) is 10.9 Å². The van der Waals surface area contributed by atoms with E-state index in [4.69, 9.17) is 0 Å². The van der Waals surface area contributed by atoms with E-state index in [0.29, 0.717) is 0 Å². The predicted molar refractivity (Wildman–Crippen MR) is 63.7 cm³/mol. The van der Waals surface area contributed by atoms with Crippen LogP contribution in [0.1, 0.15) is 0 Å². The molecule has 0 aliphatic heterocycles. The van der Waals surface area contributed by atoms with Gasteiger partial charge >= 0.3 is 0 Å². The Kier molecular flexibility index (Phi) is 3.86. The second-order valence-electron chi connectivity index (χ2n) is 3.36. The van der Waals surface area contributed by atoms with Crippen LogP contribution in [0.15, 0.2) is 55.1 Å². The van der Waals surface area contributed by atoms with Crippen molar-refractivity contribution >= 4 is 10.9 Å². The number of benzene rings is 1. The highest BCUT2D eigenvalue weighted by Gasteiger charge is 1.95. The van der Waals surface area contributed by atoms with Gasteiger partial charge in [-0.3, -0.25) is 0 Å². The monoisotopic (exact) mass is 245 g/mol. The summed E-state index contributed by atoms with van der Waals surface area (Å²) in [5, 5.41) is 1.09. The maximum atomic E-state index is 11.9. The zero-order valence-electron chi connectivity index (χ0n) is 9.29. The van der Waals surface area contributed by atoms with Gasteiger partial charge in [-0.1, -0.05) is 18.2 Å². The Hall–Kier alpha value is -2.43. The van der Waals surface area contributed by atoms with Crippen LogP contribution >= 0.6 is 0 Å². The Balaban J connectivity index is 0.000000138. The summed E-state index contributed by atoms with van der Waals surface area (Å²) in [4.78, 5) is 11.0. The van der Waals surface area contributed by atoms with Crippen LogP contribution in [0, 0.1) is 11.8 Å². The number of hydrogen-bond acceptors (Lipinski definition) is 3. The number of rotatable bonds is 0. The Morgan fingerprint density at radius 2 is 1.72 bits per heavy atom. The number of hydrogen-bond donors (Lipinski definition) is 0. The fourth-order valence-corrected chi connectivity index (χ4v) is 1.29. The molecule has 18 heavy (non-hydrogen) atoms. The molecule has 90 valence electrons. The molecule has 0 bridgehead atoms. The minimum Gasteiger partial charge on any atom is -0.244 e. The second kappa shape index (κ2) is 5.77. The molecule has 0 amide bonds. The largest absolute Gasteiger partial charge is 0.248 e. The molecule has 3 aromatic rings. The van der Waals surface area contributed by atoms with Crippen LogP contribution in [0.5, 0.6) is 0 Å². The molecule has 2 aromatic heterocycles. The van der Waals surface area contributed by atoms with Crippen molar-refractivity contribution in [3.05, 3.63) is 66.9 Å². The van der Waals surface area contributed by atoms with Crippen molar-refractivity contribution in [2.24, 2.45) is 0 Å². The molecule has 0 saturated carbocycles. The first-order valence-corrected chi connectivity index (χ1v) is 5.18. The third-order valence-corrected chi connectivity index (χ3v) is 2.13. The van der Waals surface area contributed by atoms with Gasteiger partial charge in [-0.05, 0) is 18.2 Å². The molecule has 0 radical (unpaired) electrons. The first kappa shape index (κ1) is 12.0. The molecular weight excluding hydrogens is 236 g/mol. The Labute approximate surface area is 102 Å². The van der Waals surface area contributed by atoms with Crippen molar-refractivity contribution in [3.63, 3.8) is 0 Å². The Morgan fingerprint density at radius 1 is 0.889 bits per heavy atom. The van der Waals surface area contributed by atoms with E-state index in [0.717, 1.165) is 17.0 Å². The second-order valence-corrected chi connectivity index (χ2v) is 3.36. The van der Waals surface area contributed by atoms with Gasteiger partial charge in [0.2, 0.25) is 5.95 Å². The van der Waals surface area contributed by atoms with E-state index in [1.54, 1.807) is 6.33 Å². The van der Waals surface area contributed by atoms with Gasteiger partial charge in [0.15, 0.2) is 5.82 Å². The summed E-state index contributed by atoms with van der Waals surface area (Å²) >= 11 is 0. The summed E-state index contributed by atoms with van der Waals surface area (Å²) in [6.07, 6.45) is 4.56. The van der Waals surface area contributed by atoms with E-state index in [-0.39, 0.29) is 0 Å². The highest BCUT2D eigenvalue weighted by molar-refractivity contribution is 5.76. The van der Waals surface area contributed by atoms with Gasteiger partial charge in [-0.25, -0.2) is 19.3 Å².